The van der Waals surface area contributed by atoms with Crippen molar-refractivity contribution in [3.05, 3.63) is 29.8 Å². The van der Waals surface area contributed by atoms with Crippen LogP contribution in [0.15, 0.2) is 24.3 Å². The van der Waals surface area contributed by atoms with Gasteiger partial charge in [0.2, 0.25) is 5.91 Å². The molecule has 0 bridgehead atoms. The average Bonchev–Trinajstić information content (AvgIpc) is 2.43. The van der Waals surface area contributed by atoms with Crippen molar-refractivity contribution in [2.45, 2.75) is 33.4 Å². The van der Waals surface area contributed by atoms with Crippen molar-refractivity contribution in [3.63, 3.8) is 0 Å². The summed E-state index contributed by atoms with van der Waals surface area (Å²) in [5, 5.41) is 2.89. The Morgan fingerprint density at radius 1 is 1.25 bits per heavy atom. The van der Waals surface area contributed by atoms with Gasteiger partial charge in [0, 0.05) is 18.7 Å². The summed E-state index contributed by atoms with van der Waals surface area (Å²) in [6, 6.07) is 7.20. The van der Waals surface area contributed by atoms with E-state index < -0.39 is 6.04 Å². The summed E-state index contributed by atoms with van der Waals surface area (Å²) in [7, 11) is 4.01. The van der Waals surface area contributed by atoms with Crippen molar-refractivity contribution in [1.82, 2.24) is 10.2 Å². The first-order chi connectivity index (χ1) is 10.2. The van der Waals surface area contributed by atoms with E-state index in [0.717, 1.165) is 17.9 Å². The predicted molar refractivity (Wildman–Crippen MR) is 104 cm³/mol. The molecule has 0 radical (unpaired) electrons. The number of benzene rings is 1. The molecule has 7 heteroatoms. The summed E-state index contributed by atoms with van der Waals surface area (Å²) in [6.07, 6.45) is 0. The van der Waals surface area contributed by atoms with Crippen LogP contribution in [0.5, 0.6) is 5.75 Å². The normalized spacial score (nSPS) is 12.0. The Morgan fingerprint density at radius 2 is 1.83 bits per heavy atom. The van der Waals surface area contributed by atoms with E-state index in [2.05, 4.69) is 10.2 Å². The van der Waals surface area contributed by atoms with Gasteiger partial charge in [0.15, 0.2) is 0 Å². The fraction of sp³-hybridized carbons (Fsp3) is 0.588. The second kappa shape index (κ2) is 11.5. The lowest BCUT2D eigenvalue weighted by Gasteiger charge is -2.26. The van der Waals surface area contributed by atoms with Gasteiger partial charge in [-0.2, -0.15) is 0 Å². The fourth-order valence-electron chi connectivity index (χ4n) is 1.81. The molecule has 3 N–H and O–H groups in total. The van der Waals surface area contributed by atoms with Crippen molar-refractivity contribution < 1.29 is 9.53 Å². The van der Waals surface area contributed by atoms with E-state index in [9.17, 15) is 4.79 Å². The molecule has 0 unspecified atom stereocenters. The average molecular weight is 380 g/mol. The molecule has 0 aliphatic carbocycles. The Bertz CT molecular complexity index is 491. The van der Waals surface area contributed by atoms with Crippen LogP contribution in [0, 0.1) is 5.41 Å². The third-order valence-corrected chi connectivity index (χ3v) is 3.44. The number of amides is 1. The van der Waals surface area contributed by atoms with Crippen LogP contribution in [0.4, 0.5) is 0 Å². The third-order valence-electron chi connectivity index (χ3n) is 3.44. The summed E-state index contributed by atoms with van der Waals surface area (Å²) in [5.74, 6) is 0.657. The van der Waals surface area contributed by atoms with Crippen molar-refractivity contribution in [3.8, 4) is 5.75 Å². The first-order valence-electron chi connectivity index (χ1n) is 7.60. The van der Waals surface area contributed by atoms with E-state index in [-0.39, 0.29) is 36.1 Å². The molecule has 140 valence electrons. The van der Waals surface area contributed by atoms with Gasteiger partial charge in [0.1, 0.15) is 12.4 Å². The molecule has 1 atom stereocenters. The number of nitrogens with one attached hydrogen (secondary N) is 1. The maximum Gasteiger partial charge on any atom is 0.237 e. The smallest absolute Gasteiger partial charge is 0.237 e. The van der Waals surface area contributed by atoms with Gasteiger partial charge in [-0.3, -0.25) is 4.79 Å². The molecule has 0 heterocycles. The Morgan fingerprint density at radius 3 is 2.38 bits per heavy atom. The molecule has 1 rings (SSSR count). The molecular weight excluding hydrogens is 349 g/mol. The molecular formula is C17H31Cl2N3O2. The Kier molecular flexibility index (Phi) is 12.1. The van der Waals surface area contributed by atoms with Gasteiger partial charge >= 0.3 is 0 Å². The highest BCUT2D eigenvalue weighted by Gasteiger charge is 2.27. The van der Waals surface area contributed by atoms with Crippen LogP contribution in [0.25, 0.3) is 0 Å². The lowest BCUT2D eigenvalue weighted by atomic mass is 9.87. The largest absolute Gasteiger partial charge is 0.492 e. The number of ether oxygens (including phenoxy) is 1. The summed E-state index contributed by atoms with van der Waals surface area (Å²) < 4.78 is 5.78. The highest BCUT2D eigenvalue weighted by molar-refractivity contribution is 5.85. The number of carbonyl (C=O) groups is 1. The predicted octanol–water partition coefficient (Wildman–Crippen LogP) is 2.46. The van der Waals surface area contributed by atoms with Crippen LogP contribution >= 0.6 is 24.8 Å². The quantitative estimate of drug-likeness (QED) is 0.763. The standard InChI is InChI=1S/C17H29N3O2.2ClH/c1-17(2,3)15(18)16(21)19-12-13-8-6-7-9-14(13)22-11-10-20(4)5;;/h6-9,15H,10-12,18H2,1-5H3,(H,19,21);2*1H/t15-;;/m1../s1. The van der Waals surface area contributed by atoms with Gasteiger partial charge in [-0.25, -0.2) is 0 Å². The Labute approximate surface area is 158 Å². The number of halogens is 2. The molecule has 0 aliphatic rings. The SMILES string of the molecule is CN(C)CCOc1ccccc1CNC(=O)[C@@H](N)C(C)(C)C.Cl.Cl. The van der Waals surface area contributed by atoms with Crippen LogP contribution in [-0.2, 0) is 11.3 Å². The molecule has 1 aromatic carbocycles. The monoisotopic (exact) mass is 379 g/mol. The second-order valence-corrected chi connectivity index (χ2v) is 6.82. The zero-order valence-corrected chi connectivity index (χ0v) is 16.8. The van der Waals surface area contributed by atoms with E-state index in [4.69, 9.17) is 10.5 Å². The summed E-state index contributed by atoms with van der Waals surface area (Å²) in [4.78, 5) is 14.2. The van der Waals surface area contributed by atoms with Crippen molar-refractivity contribution in [2.75, 3.05) is 27.2 Å². The van der Waals surface area contributed by atoms with Gasteiger partial charge in [0.05, 0.1) is 6.04 Å². The van der Waals surface area contributed by atoms with Crippen LogP contribution in [0.2, 0.25) is 0 Å². The van der Waals surface area contributed by atoms with Crippen molar-refractivity contribution in [1.29, 1.82) is 0 Å². The number of hydrogen-bond acceptors (Lipinski definition) is 4. The maximum absolute atomic E-state index is 12.1. The van der Waals surface area contributed by atoms with E-state index >= 15 is 0 Å². The first kappa shape index (κ1) is 25.2. The van der Waals surface area contributed by atoms with Crippen LogP contribution in [0.3, 0.4) is 0 Å². The first-order valence-corrected chi connectivity index (χ1v) is 7.60. The molecule has 0 aliphatic heterocycles. The number of carbonyl (C=O) groups excluding carboxylic acids is 1. The summed E-state index contributed by atoms with van der Waals surface area (Å²) in [5.41, 5.74) is 6.66. The molecule has 0 spiro atoms. The molecule has 0 saturated carbocycles. The van der Waals surface area contributed by atoms with E-state index in [1.54, 1.807) is 0 Å². The Hall–Kier alpha value is -1.01. The molecule has 1 aromatic rings. The van der Waals surface area contributed by atoms with Crippen molar-refractivity contribution in [2.24, 2.45) is 11.1 Å². The zero-order chi connectivity index (χ0) is 16.8. The lowest BCUT2D eigenvalue weighted by Crippen LogP contribution is -2.48. The third kappa shape index (κ3) is 8.73. The summed E-state index contributed by atoms with van der Waals surface area (Å²) in [6.45, 7) is 7.73. The topological polar surface area (TPSA) is 67.6 Å². The minimum Gasteiger partial charge on any atom is -0.492 e. The number of likely N-dealkylation sites (N-methyl/N-ethyl adjacent to an activating group) is 1. The molecule has 0 fully saturated rings. The summed E-state index contributed by atoms with van der Waals surface area (Å²) >= 11 is 0. The van der Waals surface area contributed by atoms with Crippen molar-refractivity contribution >= 4 is 30.7 Å². The highest BCUT2D eigenvalue weighted by Crippen LogP contribution is 2.19. The van der Waals surface area contributed by atoms with Crippen LogP contribution in [-0.4, -0.2) is 44.1 Å². The van der Waals surface area contributed by atoms with E-state index in [1.165, 1.54) is 0 Å². The fourth-order valence-corrected chi connectivity index (χ4v) is 1.81. The van der Waals surface area contributed by atoms with E-state index in [0.29, 0.717) is 13.2 Å². The number of nitrogens with two attached hydrogens (primary N) is 1. The maximum atomic E-state index is 12.1. The second-order valence-electron chi connectivity index (χ2n) is 6.82. The number of rotatable bonds is 7. The molecule has 1 amide bonds. The lowest BCUT2D eigenvalue weighted by molar-refractivity contribution is -0.124. The van der Waals surface area contributed by atoms with Gasteiger partial charge in [-0.1, -0.05) is 39.0 Å². The van der Waals surface area contributed by atoms with Crippen LogP contribution in [0.1, 0.15) is 26.3 Å². The molecule has 24 heavy (non-hydrogen) atoms. The van der Waals surface area contributed by atoms with Gasteiger partial charge in [-0.05, 0) is 25.6 Å². The molecule has 0 aromatic heterocycles. The minimum absolute atomic E-state index is 0. The van der Waals surface area contributed by atoms with E-state index in [1.807, 2.05) is 59.1 Å². The zero-order valence-electron chi connectivity index (χ0n) is 15.2. The van der Waals surface area contributed by atoms with Gasteiger partial charge in [0.25, 0.3) is 0 Å². The number of para-hydroxylation sites is 1. The number of nitrogens with zero attached hydrogens (tertiary/aromatic N) is 1. The minimum atomic E-state index is -0.533. The molecule has 5 nitrogen and oxygen atoms in total. The highest BCUT2D eigenvalue weighted by atomic mass is 35.5. The van der Waals surface area contributed by atoms with Crippen LogP contribution < -0.4 is 15.8 Å². The van der Waals surface area contributed by atoms with Gasteiger partial charge < -0.3 is 20.7 Å². The Balaban J connectivity index is 0. The van der Waals surface area contributed by atoms with Gasteiger partial charge in [-0.15, -0.1) is 24.8 Å². The molecule has 0 saturated heterocycles. The number of hydrogen-bond donors (Lipinski definition) is 2.